The normalized spacial score (nSPS) is 32.0. The predicted octanol–water partition coefficient (Wildman–Crippen LogP) is 5.76. The van der Waals surface area contributed by atoms with Crippen LogP contribution in [0.15, 0.2) is 36.4 Å². The van der Waals surface area contributed by atoms with Crippen molar-refractivity contribution < 1.29 is 27.4 Å². The van der Waals surface area contributed by atoms with Crippen molar-refractivity contribution in [2.45, 2.75) is 75.9 Å². The maximum absolute atomic E-state index is 13.8. The van der Waals surface area contributed by atoms with Crippen LogP contribution in [0, 0.1) is 23.2 Å². The summed E-state index contributed by atoms with van der Waals surface area (Å²) < 4.78 is 48.4. The Kier molecular flexibility index (Phi) is 11.3. The van der Waals surface area contributed by atoms with E-state index in [0.29, 0.717) is 24.0 Å². The van der Waals surface area contributed by atoms with E-state index in [1.165, 1.54) is 17.5 Å². The Labute approximate surface area is 327 Å². The van der Waals surface area contributed by atoms with Gasteiger partial charge in [-0.25, -0.2) is 13.1 Å². The Morgan fingerprint density at radius 1 is 0.889 bits per heavy atom. The lowest BCUT2D eigenvalue weighted by Crippen LogP contribution is -2.58. The molecule has 2 bridgehead atoms. The number of nitrogens with zero attached hydrogens (tertiary/aromatic N) is 3. The fourth-order valence-electron chi connectivity index (χ4n) is 10.8. The van der Waals surface area contributed by atoms with E-state index in [9.17, 15) is 13.2 Å². The number of rotatable bonds is 4. The first-order valence-electron chi connectivity index (χ1n) is 20.5. The molecule has 0 radical (unpaired) electrons. The van der Waals surface area contributed by atoms with Crippen LogP contribution in [0.25, 0.3) is 0 Å². The molecule has 0 aromatic heterocycles. The molecule has 2 aliphatic carbocycles. The minimum Gasteiger partial charge on any atom is -0.490 e. The molecule has 12 heteroatoms. The van der Waals surface area contributed by atoms with E-state index >= 15 is 0 Å². The van der Waals surface area contributed by atoms with E-state index in [0.717, 1.165) is 140 Å². The smallest absolute Gasteiger partial charge is 0.264 e. The van der Waals surface area contributed by atoms with Crippen molar-refractivity contribution in [2.75, 3.05) is 90.3 Å². The molecule has 2 aromatic carbocycles. The van der Waals surface area contributed by atoms with E-state index in [1.54, 1.807) is 13.0 Å². The minimum absolute atomic E-state index is 0.0314. The maximum Gasteiger partial charge on any atom is 0.264 e. The monoisotopic (exact) mass is 782 g/mol. The Morgan fingerprint density at radius 3 is 2.30 bits per heavy atom. The highest BCUT2D eigenvalue weighted by Gasteiger charge is 2.51. The Hall–Kier alpha value is -2.41. The standard InChI is InChI=1S/C42H59ClN4O6S/c1-30-5-3-13-41(26-45-15-19-51-20-16-45,27-46-17-21-52-22-18-46)37-10-7-34(37)25-47-28-42(14-4-6-32-23-35(43)9-11-36(32)42)29-53-39-12-8-33(24-38(39)47)40(48)44-54(49,50)31(30)2/h8-9,11-12,23-24,30-31,34,37H,3-7,10,13-22,25-29H2,1-2H3,(H,44,48)/t30-,31+,34-,37+,42-/m0/s1. The third-order valence-electron chi connectivity index (χ3n) is 14.1. The zero-order valence-corrected chi connectivity index (χ0v) is 33.8. The van der Waals surface area contributed by atoms with Crippen LogP contribution in [0.4, 0.5) is 5.69 Å². The number of morpholine rings is 2. The second kappa shape index (κ2) is 15.9. The van der Waals surface area contributed by atoms with Crippen molar-refractivity contribution in [1.82, 2.24) is 14.5 Å². The summed E-state index contributed by atoms with van der Waals surface area (Å²) in [5.74, 6) is 1.02. The molecule has 8 rings (SSSR count). The number of benzene rings is 2. The van der Waals surface area contributed by atoms with Crippen LogP contribution in [0.1, 0.15) is 80.3 Å². The summed E-state index contributed by atoms with van der Waals surface area (Å²) in [6.07, 6.45) is 8.16. The zero-order chi connectivity index (χ0) is 37.5. The van der Waals surface area contributed by atoms with Crippen molar-refractivity contribution in [1.29, 1.82) is 0 Å². The van der Waals surface area contributed by atoms with Crippen molar-refractivity contribution in [3.63, 3.8) is 0 Å². The van der Waals surface area contributed by atoms with Gasteiger partial charge in [0.1, 0.15) is 5.75 Å². The quantitative estimate of drug-likeness (QED) is 0.416. The first-order valence-corrected chi connectivity index (χ1v) is 22.4. The number of hydrogen-bond donors (Lipinski definition) is 1. The fourth-order valence-corrected chi connectivity index (χ4v) is 12.3. The molecule has 296 valence electrons. The Balaban J connectivity index is 1.22. The second-order valence-electron chi connectivity index (χ2n) is 17.4. The average Bonchev–Trinajstić information content (AvgIpc) is 3.29. The number of halogens is 1. The molecule has 2 saturated heterocycles. The SMILES string of the molecule is C[C@@H]1[C@@H](C)CCCC(CN2CCOCC2)(CN2CCOCC2)[C@@H]2CC[C@H]2CN2C[C@@]3(CCCc4cc(Cl)ccc43)COc3ccc(cc32)C(=O)NS1(=O)=O. The predicted molar refractivity (Wildman–Crippen MR) is 212 cm³/mol. The highest BCUT2D eigenvalue weighted by atomic mass is 35.5. The zero-order valence-electron chi connectivity index (χ0n) is 32.2. The molecule has 1 saturated carbocycles. The van der Waals surface area contributed by atoms with Crippen molar-refractivity contribution >= 4 is 33.2 Å². The third-order valence-corrected chi connectivity index (χ3v) is 16.3. The molecule has 1 N–H and O–H groups in total. The van der Waals surface area contributed by atoms with Crippen LogP contribution in [0.3, 0.4) is 0 Å². The van der Waals surface area contributed by atoms with Crippen molar-refractivity contribution in [3.8, 4) is 5.75 Å². The number of amides is 1. The lowest BCUT2D eigenvalue weighted by atomic mass is 9.56. The topological polar surface area (TPSA) is 101 Å². The fraction of sp³-hybridized carbons (Fsp3) is 0.690. The number of carbonyl (C=O) groups is 1. The lowest BCUT2D eigenvalue weighted by molar-refractivity contribution is -0.0719. The molecule has 6 aliphatic rings. The summed E-state index contributed by atoms with van der Waals surface area (Å²) in [6.45, 7) is 14.8. The van der Waals surface area contributed by atoms with Crippen LogP contribution in [0.5, 0.6) is 5.75 Å². The van der Waals surface area contributed by atoms with Crippen LogP contribution in [-0.2, 0) is 31.3 Å². The summed E-state index contributed by atoms with van der Waals surface area (Å²) in [5, 5.41) is 0.0521. The van der Waals surface area contributed by atoms with Gasteiger partial charge in [0.25, 0.3) is 5.91 Å². The number of sulfonamides is 1. The van der Waals surface area contributed by atoms with E-state index in [2.05, 4.69) is 31.6 Å². The number of carbonyl (C=O) groups excluding carboxylic acids is 1. The lowest BCUT2D eigenvalue weighted by Gasteiger charge is -2.55. The van der Waals surface area contributed by atoms with Gasteiger partial charge in [0.2, 0.25) is 10.0 Å². The molecule has 4 aliphatic heterocycles. The molecule has 4 heterocycles. The van der Waals surface area contributed by atoms with Crippen LogP contribution < -0.4 is 14.4 Å². The van der Waals surface area contributed by atoms with E-state index in [4.69, 9.17) is 25.8 Å². The van der Waals surface area contributed by atoms with Crippen LogP contribution in [-0.4, -0.2) is 115 Å². The Bertz CT molecular complexity index is 1760. The number of nitrogens with one attached hydrogen (secondary N) is 1. The van der Waals surface area contributed by atoms with Crippen molar-refractivity contribution in [2.24, 2.45) is 23.2 Å². The van der Waals surface area contributed by atoms with Gasteiger partial charge in [-0.2, -0.15) is 0 Å². The van der Waals surface area contributed by atoms with Gasteiger partial charge in [0.15, 0.2) is 0 Å². The second-order valence-corrected chi connectivity index (χ2v) is 19.9. The van der Waals surface area contributed by atoms with Gasteiger partial charge in [0, 0.05) is 68.4 Å². The van der Waals surface area contributed by atoms with E-state index in [1.807, 2.05) is 25.1 Å². The van der Waals surface area contributed by atoms with E-state index < -0.39 is 21.2 Å². The molecule has 3 fully saturated rings. The maximum atomic E-state index is 13.8. The number of ether oxygens (including phenoxy) is 3. The van der Waals surface area contributed by atoms with Gasteiger partial charge in [-0.05, 0) is 116 Å². The first-order chi connectivity index (χ1) is 26.0. The van der Waals surface area contributed by atoms with Crippen LogP contribution in [0.2, 0.25) is 5.02 Å². The van der Waals surface area contributed by atoms with Gasteiger partial charge < -0.3 is 19.1 Å². The molecule has 5 atom stereocenters. The van der Waals surface area contributed by atoms with E-state index in [-0.39, 0.29) is 16.7 Å². The van der Waals surface area contributed by atoms with Gasteiger partial charge in [-0.3, -0.25) is 14.6 Å². The average molecular weight is 783 g/mol. The summed E-state index contributed by atoms with van der Waals surface area (Å²) in [6, 6.07) is 11.8. The van der Waals surface area contributed by atoms with Crippen molar-refractivity contribution in [3.05, 3.63) is 58.1 Å². The molecule has 10 nitrogen and oxygen atoms in total. The molecule has 1 spiro atoms. The number of anilines is 1. The molecular formula is C42H59ClN4O6S. The molecule has 54 heavy (non-hydrogen) atoms. The van der Waals surface area contributed by atoms with Gasteiger partial charge in [-0.1, -0.05) is 31.0 Å². The highest BCUT2D eigenvalue weighted by Crippen LogP contribution is 2.53. The highest BCUT2D eigenvalue weighted by molar-refractivity contribution is 7.90. The summed E-state index contributed by atoms with van der Waals surface area (Å²) in [5.41, 5.74) is 3.61. The first kappa shape index (κ1) is 38.5. The molecule has 1 amide bonds. The molecule has 2 aromatic rings. The largest absolute Gasteiger partial charge is 0.490 e. The number of fused-ring (bicyclic) bond motifs is 4. The van der Waals surface area contributed by atoms with Gasteiger partial charge >= 0.3 is 0 Å². The summed E-state index contributed by atoms with van der Waals surface area (Å²) >= 11 is 6.54. The third kappa shape index (κ3) is 7.79. The van der Waals surface area contributed by atoms with Gasteiger partial charge in [-0.15, -0.1) is 0 Å². The minimum atomic E-state index is -3.92. The number of hydrogen-bond acceptors (Lipinski definition) is 9. The van der Waals surface area contributed by atoms with Gasteiger partial charge in [0.05, 0.1) is 44.0 Å². The van der Waals surface area contributed by atoms with Crippen LogP contribution >= 0.6 is 11.6 Å². The number of aryl methyl sites for hydroxylation is 1. The Morgan fingerprint density at radius 2 is 1.61 bits per heavy atom. The summed E-state index contributed by atoms with van der Waals surface area (Å²) in [4.78, 5) is 21.5. The molecule has 0 unspecified atom stereocenters. The summed E-state index contributed by atoms with van der Waals surface area (Å²) in [7, 11) is -3.92. The molecular weight excluding hydrogens is 724 g/mol.